The molecule has 0 saturated carbocycles. The van der Waals surface area contributed by atoms with Crippen molar-refractivity contribution in [3.05, 3.63) is 28.2 Å². The Morgan fingerprint density at radius 1 is 1.26 bits per heavy atom. The molecule has 0 radical (unpaired) electrons. The molecule has 1 aromatic rings. The Morgan fingerprint density at radius 2 is 1.87 bits per heavy atom. The van der Waals surface area contributed by atoms with Gasteiger partial charge in [0.25, 0.3) is 0 Å². The van der Waals surface area contributed by atoms with E-state index < -0.39 is 27.1 Å². The highest BCUT2D eigenvalue weighted by molar-refractivity contribution is 9.10. The minimum Gasteiger partial charge on any atom is -0.460 e. The van der Waals surface area contributed by atoms with Crippen molar-refractivity contribution in [2.75, 3.05) is 0 Å². The highest BCUT2D eigenvalue weighted by Crippen LogP contribution is 2.38. The summed E-state index contributed by atoms with van der Waals surface area (Å²) in [5.41, 5.74) is -0.728. The maximum absolute atomic E-state index is 12.8. The van der Waals surface area contributed by atoms with Crippen LogP contribution in [-0.4, -0.2) is 29.8 Å². The van der Waals surface area contributed by atoms with E-state index >= 15 is 0 Å². The van der Waals surface area contributed by atoms with Gasteiger partial charge in [-0.05, 0) is 58.4 Å². The first-order valence-corrected chi connectivity index (χ1v) is 9.59. The van der Waals surface area contributed by atoms with Crippen molar-refractivity contribution in [1.29, 1.82) is 0 Å². The summed E-state index contributed by atoms with van der Waals surface area (Å²) in [4.78, 5) is 12.4. The summed E-state index contributed by atoms with van der Waals surface area (Å²) in [7, 11) is -3.61. The predicted octanol–water partition coefficient (Wildman–Crippen LogP) is 3.46. The molecule has 0 saturated heterocycles. The monoisotopic (exact) mass is 403 g/mol. The number of esters is 1. The van der Waals surface area contributed by atoms with Crippen molar-refractivity contribution in [3.63, 3.8) is 0 Å². The van der Waals surface area contributed by atoms with Crippen molar-refractivity contribution in [2.45, 2.75) is 63.6 Å². The SMILES string of the molecule is CC(C)(C)OC(=O)CC(C)(C)N1Cc2cc(Br)ccc2S1(=O)=O. The summed E-state index contributed by atoms with van der Waals surface area (Å²) in [5.74, 6) is -0.408. The van der Waals surface area contributed by atoms with Crippen LogP contribution in [0.1, 0.15) is 46.6 Å². The van der Waals surface area contributed by atoms with E-state index in [4.69, 9.17) is 4.74 Å². The lowest BCUT2D eigenvalue weighted by atomic mass is 10.00. The Balaban J connectivity index is 2.27. The predicted molar refractivity (Wildman–Crippen MR) is 91.4 cm³/mol. The number of ether oxygens (including phenoxy) is 1. The van der Waals surface area contributed by atoms with Gasteiger partial charge in [0.1, 0.15) is 5.60 Å². The second-order valence-electron chi connectivity index (χ2n) is 7.34. The fourth-order valence-electron chi connectivity index (χ4n) is 2.64. The number of sulfonamides is 1. The second kappa shape index (κ2) is 5.86. The molecule has 0 spiro atoms. The van der Waals surface area contributed by atoms with Crippen LogP contribution in [0.3, 0.4) is 0 Å². The summed E-state index contributed by atoms with van der Waals surface area (Å²) < 4.78 is 33.1. The van der Waals surface area contributed by atoms with Gasteiger partial charge in [0, 0.05) is 16.6 Å². The van der Waals surface area contributed by atoms with Gasteiger partial charge in [-0.2, -0.15) is 4.31 Å². The molecule has 1 aromatic carbocycles. The number of carbonyl (C=O) groups excluding carboxylic acids is 1. The molecular formula is C16H22BrNO4S. The van der Waals surface area contributed by atoms with Gasteiger partial charge in [0.15, 0.2) is 0 Å². The second-order valence-corrected chi connectivity index (χ2v) is 10.1. The third-order valence-corrected chi connectivity index (χ3v) is 6.23. The minimum atomic E-state index is -3.61. The molecule has 0 bridgehead atoms. The highest BCUT2D eigenvalue weighted by Gasteiger charge is 2.44. The van der Waals surface area contributed by atoms with Crippen LogP contribution in [0.25, 0.3) is 0 Å². The van der Waals surface area contributed by atoms with Gasteiger partial charge in [-0.3, -0.25) is 4.79 Å². The molecule has 128 valence electrons. The van der Waals surface area contributed by atoms with Gasteiger partial charge >= 0.3 is 5.97 Å². The number of halogens is 1. The van der Waals surface area contributed by atoms with Gasteiger partial charge in [0.05, 0.1) is 11.3 Å². The van der Waals surface area contributed by atoms with Crippen LogP contribution in [0, 0.1) is 0 Å². The van der Waals surface area contributed by atoms with E-state index in [0.29, 0.717) is 4.90 Å². The maximum Gasteiger partial charge on any atom is 0.308 e. The largest absolute Gasteiger partial charge is 0.460 e. The summed E-state index contributed by atoms with van der Waals surface area (Å²) >= 11 is 3.36. The molecule has 1 aliphatic heterocycles. The third kappa shape index (κ3) is 3.95. The van der Waals surface area contributed by atoms with Crippen LogP contribution in [0.5, 0.6) is 0 Å². The third-order valence-electron chi connectivity index (χ3n) is 3.58. The summed E-state index contributed by atoms with van der Waals surface area (Å²) in [6, 6.07) is 5.11. The first kappa shape index (κ1) is 18.4. The topological polar surface area (TPSA) is 63.7 Å². The number of fused-ring (bicyclic) bond motifs is 1. The minimum absolute atomic E-state index is 0.00133. The molecule has 1 aliphatic rings. The molecule has 2 rings (SSSR count). The van der Waals surface area contributed by atoms with E-state index in [1.165, 1.54) is 4.31 Å². The van der Waals surface area contributed by atoms with E-state index in [9.17, 15) is 13.2 Å². The zero-order chi connectivity index (χ0) is 17.6. The van der Waals surface area contributed by atoms with Crippen molar-refractivity contribution >= 4 is 31.9 Å². The average molecular weight is 404 g/mol. The van der Waals surface area contributed by atoms with E-state index in [-0.39, 0.29) is 13.0 Å². The molecule has 0 atom stereocenters. The quantitative estimate of drug-likeness (QED) is 0.724. The number of hydrogen-bond donors (Lipinski definition) is 0. The molecular weight excluding hydrogens is 382 g/mol. The fraction of sp³-hybridized carbons (Fsp3) is 0.562. The van der Waals surface area contributed by atoms with Crippen molar-refractivity contribution in [3.8, 4) is 0 Å². The Hall–Kier alpha value is -0.920. The molecule has 0 unspecified atom stereocenters. The number of benzene rings is 1. The number of hydrogen-bond acceptors (Lipinski definition) is 4. The molecule has 0 aliphatic carbocycles. The highest BCUT2D eigenvalue weighted by atomic mass is 79.9. The van der Waals surface area contributed by atoms with Gasteiger partial charge < -0.3 is 4.74 Å². The molecule has 23 heavy (non-hydrogen) atoms. The Bertz CT molecular complexity index is 735. The van der Waals surface area contributed by atoms with Crippen LogP contribution in [0.15, 0.2) is 27.6 Å². The molecule has 5 nitrogen and oxygen atoms in total. The Labute approximate surface area is 146 Å². The standard InChI is InChI=1S/C16H22BrNO4S/c1-15(2,3)22-14(19)9-16(4,5)18-10-11-8-12(17)6-7-13(11)23(18,20)21/h6-8H,9-10H2,1-5H3. The first-order chi connectivity index (χ1) is 10.3. The average Bonchev–Trinajstić information content (AvgIpc) is 2.57. The molecule has 0 fully saturated rings. The molecule has 0 amide bonds. The van der Waals surface area contributed by atoms with Crippen LogP contribution < -0.4 is 0 Å². The van der Waals surface area contributed by atoms with Crippen molar-refractivity contribution in [2.24, 2.45) is 0 Å². The summed E-state index contributed by atoms with van der Waals surface area (Å²) in [6.07, 6.45) is -0.00133. The van der Waals surface area contributed by atoms with E-state index in [1.54, 1.807) is 52.8 Å². The van der Waals surface area contributed by atoms with Crippen LogP contribution in [-0.2, 0) is 26.1 Å². The van der Waals surface area contributed by atoms with Gasteiger partial charge in [-0.25, -0.2) is 8.42 Å². The van der Waals surface area contributed by atoms with Crippen molar-refractivity contribution in [1.82, 2.24) is 4.31 Å². The molecule has 0 N–H and O–H groups in total. The van der Waals surface area contributed by atoms with Gasteiger partial charge in [-0.1, -0.05) is 15.9 Å². The number of nitrogens with zero attached hydrogens (tertiary/aromatic N) is 1. The van der Waals surface area contributed by atoms with Crippen molar-refractivity contribution < 1.29 is 17.9 Å². The lowest BCUT2D eigenvalue weighted by Crippen LogP contribution is -2.46. The van der Waals surface area contributed by atoms with Gasteiger partial charge in [0.2, 0.25) is 10.0 Å². The summed E-state index contributed by atoms with van der Waals surface area (Å²) in [5, 5.41) is 0. The van der Waals surface area contributed by atoms with Crippen LogP contribution in [0.2, 0.25) is 0 Å². The number of rotatable bonds is 3. The van der Waals surface area contributed by atoms with Gasteiger partial charge in [-0.15, -0.1) is 0 Å². The van der Waals surface area contributed by atoms with E-state index in [0.717, 1.165) is 10.0 Å². The van der Waals surface area contributed by atoms with E-state index in [1.807, 2.05) is 0 Å². The lowest BCUT2D eigenvalue weighted by Gasteiger charge is -2.34. The van der Waals surface area contributed by atoms with Crippen LogP contribution >= 0.6 is 15.9 Å². The van der Waals surface area contributed by atoms with Crippen LogP contribution in [0.4, 0.5) is 0 Å². The fourth-order valence-corrected chi connectivity index (χ4v) is 5.01. The zero-order valence-corrected chi connectivity index (χ0v) is 16.4. The zero-order valence-electron chi connectivity index (χ0n) is 14.0. The lowest BCUT2D eigenvalue weighted by molar-refractivity contribution is -0.157. The summed E-state index contributed by atoms with van der Waals surface area (Å²) in [6.45, 7) is 9.12. The molecule has 7 heteroatoms. The normalized spacial score (nSPS) is 17.8. The molecule has 1 heterocycles. The Kier molecular flexibility index (Phi) is 4.69. The Morgan fingerprint density at radius 3 is 2.43 bits per heavy atom. The maximum atomic E-state index is 12.8. The number of carbonyl (C=O) groups is 1. The first-order valence-electron chi connectivity index (χ1n) is 7.36. The molecule has 0 aromatic heterocycles. The smallest absolute Gasteiger partial charge is 0.308 e. The van der Waals surface area contributed by atoms with E-state index in [2.05, 4.69) is 15.9 Å².